The molecule has 9 heteroatoms. The van der Waals surface area contributed by atoms with Crippen molar-refractivity contribution in [3.63, 3.8) is 0 Å². The van der Waals surface area contributed by atoms with Gasteiger partial charge in [0.15, 0.2) is 5.16 Å². The third-order valence-electron chi connectivity index (χ3n) is 4.30. The number of benzene rings is 2. The van der Waals surface area contributed by atoms with Gasteiger partial charge >= 0.3 is 0 Å². The molecule has 2 aromatic heterocycles. The highest BCUT2D eigenvalue weighted by Gasteiger charge is 2.14. The lowest BCUT2D eigenvalue weighted by Crippen LogP contribution is -2.24. The number of aromatic nitrogens is 2. The standard InChI is InChI=1S/C22H17BrN4O3S/c1-14-6-11-17(30-14)12-24-26-20(28)13-31-22-25-19-5-3-2-4-18(19)21(29)27(22)16-9-7-15(23)8-10-16/h2-12H,13H2,1H3,(H,26,28)/b24-12-. The van der Waals surface area contributed by atoms with Gasteiger partial charge in [-0.2, -0.15) is 5.10 Å². The monoisotopic (exact) mass is 496 g/mol. The first kappa shape index (κ1) is 21.1. The number of thioether (sulfide) groups is 1. The number of hydrogen-bond acceptors (Lipinski definition) is 6. The van der Waals surface area contributed by atoms with Crippen LogP contribution in [0.4, 0.5) is 0 Å². The predicted molar refractivity (Wildman–Crippen MR) is 125 cm³/mol. The van der Waals surface area contributed by atoms with Gasteiger partial charge in [-0.15, -0.1) is 0 Å². The Kier molecular flexibility index (Phi) is 6.34. The Morgan fingerprint density at radius 3 is 2.71 bits per heavy atom. The lowest BCUT2D eigenvalue weighted by Gasteiger charge is -2.13. The summed E-state index contributed by atoms with van der Waals surface area (Å²) in [7, 11) is 0. The van der Waals surface area contributed by atoms with Crippen LogP contribution in [0.2, 0.25) is 0 Å². The zero-order valence-corrected chi connectivity index (χ0v) is 18.8. The Morgan fingerprint density at radius 1 is 1.19 bits per heavy atom. The average Bonchev–Trinajstić information content (AvgIpc) is 3.18. The second kappa shape index (κ2) is 9.32. The van der Waals surface area contributed by atoms with Crippen LogP contribution in [0.5, 0.6) is 0 Å². The maximum atomic E-state index is 13.2. The quantitative estimate of drug-likeness (QED) is 0.186. The molecular weight excluding hydrogens is 480 g/mol. The number of hydrazone groups is 1. The van der Waals surface area contributed by atoms with Crippen molar-refractivity contribution < 1.29 is 9.21 Å². The van der Waals surface area contributed by atoms with Crippen LogP contribution in [-0.2, 0) is 4.79 Å². The molecule has 4 aromatic rings. The third-order valence-corrected chi connectivity index (χ3v) is 5.77. The van der Waals surface area contributed by atoms with Crippen LogP contribution in [0.25, 0.3) is 16.6 Å². The van der Waals surface area contributed by atoms with Gasteiger partial charge in [0, 0.05) is 4.47 Å². The van der Waals surface area contributed by atoms with Crippen molar-refractivity contribution in [1.82, 2.24) is 15.0 Å². The summed E-state index contributed by atoms with van der Waals surface area (Å²) in [5.74, 6) is 1.02. The van der Waals surface area contributed by atoms with Gasteiger partial charge in [0.25, 0.3) is 11.5 Å². The fourth-order valence-corrected chi connectivity index (χ4v) is 3.95. The van der Waals surface area contributed by atoms with E-state index in [1.54, 1.807) is 24.3 Å². The summed E-state index contributed by atoms with van der Waals surface area (Å²) in [4.78, 5) is 30.0. The van der Waals surface area contributed by atoms with Crippen molar-refractivity contribution in [2.24, 2.45) is 5.10 Å². The summed E-state index contributed by atoms with van der Waals surface area (Å²) in [6.07, 6.45) is 1.43. The molecule has 0 saturated carbocycles. The van der Waals surface area contributed by atoms with E-state index in [2.05, 4.69) is 31.4 Å². The Bertz CT molecular complexity index is 1330. The van der Waals surface area contributed by atoms with E-state index in [9.17, 15) is 9.59 Å². The number of halogens is 1. The van der Waals surface area contributed by atoms with Gasteiger partial charge in [0.2, 0.25) is 0 Å². The molecular formula is C22H17BrN4O3S. The minimum atomic E-state index is -0.325. The molecule has 2 heterocycles. The van der Waals surface area contributed by atoms with E-state index in [0.717, 1.165) is 22.0 Å². The summed E-state index contributed by atoms with van der Waals surface area (Å²) in [6, 6.07) is 18.1. The molecule has 0 atom stereocenters. The molecule has 31 heavy (non-hydrogen) atoms. The SMILES string of the molecule is Cc1ccc(/C=N\NC(=O)CSc2nc3ccccc3c(=O)n2-c2ccc(Br)cc2)o1. The predicted octanol–water partition coefficient (Wildman–Crippen LogP) is 4.29. The first-order chi connectivity index (χ1) is 15.0. The number of para-hydroxylation sites is 1. The molecule has 156 valence electrons. The van der Waals surface area contributed by atoms with Gasteiger partial charge in [0.05, 0.1) is 28.6 Å². The summed E-state index contributed by atoms with van der Waals surface area (Å²) >= 11 is 4.57. The summed E-state index contributed by atoms with van der Waals surface area (Å²) in [5, 5.41) is 4.83. The van der Waals surface area contributed by atoms with Crippen LogP contribution >= 0.6 is 27.7 Å². The molecule has 0 spiro atoms. The Balaban J connectivity index is 1.58. The number of nitrogens with one attached hydrogen (secondary N) is 1. The van der Waals surface area contributed by atoms with Crippen LogP contribution in [0, 0.1) is 6.92 Å². The van der Waals surface area contributed by atoms with Crippen molar-refractivity contribution in [2.75, 3.05) is 5.75 Å². The average molecular weight is 497 g/mol. The molecule has 0 aliphatic heterocycles. The van der Waals surface area contributed by atoms with E-state index in [1.807, 2.05) is 43.3 Å². The molecule has 0 unspecified atom stereocenters. The highest BCUT2D eigenvalue weighted by atomic mass is 79.9. The molecule has 0 radical (unpaired) electrons. The smallest absolute Gasteiger partial charge is 0.266 e. The molecule has 0 bridgehead atoms. The number of aryl methyl sites for hydroxylation is 1. The van der Waals surface area contributed by atoms with Crippen molar-refractivity contribution >= 4 is 50.7 Å². The summed E-state index contributed by atoms with van der Waals surface area (Å²) in [5.41, 5.74) is 3.51. The van der Waals surface area contributed by atoms with Gasteiger partial charge in [-0.3, -0.25) is 14.2 Å². The summed E-state index contributed by atoms with van der Waals surface area (Å²) in [6.45, 7) is 1.83. The van der Waals surface area contributed by atoms with Gasteiger partial charge < -0.3 is 4.42 Å². The molecule has 1 amide bonds. The Hall–Kier alpha value is -3.17. The fraction of sp³-hybridized carbons (Fsp3) is 0.0909. The molecule has 0 fully saturated rings. The van der Waals surface area contributed by atoms with E-state index in [-0.39, 0.29) is 17.2 Å². The normalized spacial score (nSPS) is 11.3. The van der Waals surface area contributed by atoms with E-state index < -0.39 is 0 Å². The van der Waals surface area contributed by atoms with Crippen LogP contribution in [0.15, 0.2) is 84.6 Å². The Labute approximate surface area is 190 Å². The van der Waals surface area contributed by atoms with Crippen LogP contribution in [0.1, 0.15) is 11.5 Å². The van der Waals surface area contributed by atoms with E-state index >= 15 is 0 Å². The maximum absolute atomic E-state index is 13.2. The highest BCUT2D eigenvalue weighted by Crippen LogP contribution is 2.22. The maximum Gasteiger partial charge on any atom is 0.266 e. The van der Waals surface area contributed by atoms with Crippen molar-refractivity contribution in [3.05, 3.63) is 87.0 Å². The topological polar surface area (TPSA) is 89.5 Å². The van der Waals surface area contributed by atoms with Gasteiger partial charge in [0.1, 0.15) is 11.5 Å². The minimum absolute atomic E-state index is 0.0375. The van der Waals surface area contributed by atoms with E-state index in [4.69, 9.17) is 4.42 Å². The number of amides is 1. The molecule has 4 rings (SSSR count). The van der Waals surface area contributed by atoms with Crippen LogP contribution < -0.4 is 11.0 Å². The minimum Gasteiger partial charge on any atom is -0.460 e. The second-order valence-electron chi connectivity index (χ2n) is 6.56. The number of furan rings is 1. The first-order valence-corrected chi connectivity index (χ1v) is 11.1. The Morgan fingerprint density at radius 2 is 1.97 bits per heavy atom. The lowest BCUT2D eigenvalue weighted by molar-refractivity contribution is -0.118. The zero-order valence-electron chi connectivity index (χ0n) is 16.4. The number of carbonyl (C=O) groups excluding carboxylic acids is 1. The van der Waals surface area contributed by atoms with E-state index in [0.29, 0.717) is 27.5 Å². The lowest BCUT2D eigenvalue weighted by atomic mass is 10.2. The number of nitrogens with zero attached hydrogens (tertiary/aromatic N) is 3. The number of hydrogen-bond donors (Lipinski definition) is 1. The number of carbonyl (C=O) groups is 1. The zero-order chi connectivity index (χ0) is 21.8. The molecule has 2 aromatic carbocycles. The van der Waals surface area contributed by atoms with Crippen LogP contribution in [0.3, 0.4) is 0 Å². The first-order valence-electron chi connectivity index (χ1n) is 9.30. The highest BCUT2D eigenvalue weighted by molar-refractivity contribution is 9.10. The number of fused-ring (bicyclic) bond motifs is 1. The van der Waals surface area contributed by atoms with Crippen molar-refractivity contribution in [1.29, 1.82) is 0 Å². The molecule has 0 aliphatic carbocycles. The third kappa shape index (κ3) is 4.95. The van der Waals surface area contributed by atoms with Gasteiger partial charge in [-0.1, -0.05) is 39.8 Å². The molecule has 1 N–H and O–H groups in total. The largest absolute Gasteiger partial charge is 0.460 e. The molecule has 7 nitrogen and oxygen atoms in total. The fourth-order valence-electron chi connectivity index (χ4n) is 2.88. The number of rotatable bonds is 6. The molecule has 0 saturated heterocycles. The molecule has 0 aliphatic rings. The summed E-state index contributed by atoms with van der Waals surface area (Å²) < 4.78 is 7.78. The second-order valence-corrected chi connectivity index (χ2v) is 8.42. The van der Waals surface area contributed by atoms with E-state index in [1.165, 1.54) is 10.8 Å². The van der Waals surface area contributed by atoms with Crippen molar-refractivity contribution in [3.8, 4) is 5.69 Å². The van der Waals surface area contributed by atoms with Crippen LogP contribution in [-0.4, -0.2) is 27.4 Å². The van der Waals surface area contributed by atoms with Crippen molar-refractivity contribution in [2.45, 2.75) is 12.1 Å². The van der Waals surface area contributed by atoms with Gasteiger partial charge in [-0.25, -0.2) is 10.4 Å². The van der Waals surface area contributed by atoms with Gasteiger partial charge in [-0.05, 0) is 55.5 Å².